The minimum absolute atomic E-state index is 0.131. The van der Waals surface area contributed by atoms with Crippen LogP contribution in [0.3, 0.4) is 0 Å². The highest BCUT2D eigenvalue weighted by Gasteiger charge is 2.13. The van der Waals surface area contributed by atoms with E-state index < -0.39 is 0 Å². The van der Waals surface area contributed by atoms with Gasteiger partial charge in [-0.25, -0.2) is 0 Å². The van der Waals surface area contributed by atoms with Gasteiger partial charge in [-0.1, -0.05) is 32.9 Å². The summed E-state index contributed by atoms with van der Waals surface area (Å²) in [5.74, 6) is 2.05. The predicted octanol–water partition coefficient (Wildman–Crippen LogP) is 4.51. The van der Waals surface area contributed by atoms with Crippen LogP contribution in [0.4, 0.5) is 0 Å². The number of furan rings is 1. The molecular weight excluding hydrogens is 290 g/mol. The Bertz CT molecular complexity index is 628. The van der Waals surface area contributed by atoms with E-state index in [0.29, 0.717) is 24.0 Å². The molecule has 0 aliphatic rings. The third kappa shape index (κ3) is 4.88. The number of hydrogen-bond donors (Lipinski definition) is 1. The lowest BCUT2D eigenvalue weighted by Crippen LogP contribution is -2.31. The maximum Gasteiger partial charge on any atom is 0.287 e. The molecule has 0 saturated heterocycles. The van der Waals surface area contributed by atoms with Crippen LogP contribution in [-0.2, 0) is 6.61 Å². The van der Waals surface area contributed by atoms with Gasteiger partial charge < -0.3 is 14.5 Å². The number of amides is 1. The van der Waals surface area contributed by atoms with Gasteiger partial charge in [0.25, 0.3) is 5.91 Å². The SMILES string of the molecule is CCC(C)NC(=O)c1ccc(COc2ccc(C(C)C)cc2)o1. The van der Waals surface area contributed by atoms with Crippen LogP contribution < -0.4 is 10.1 Å². The Morgan fingerprint density at radius 1 is 1.13 bits per heavy atom. The monoisotopic (exact) mass is 315 g/mol. The minimum atomic E-state index is -0.188. The summed E-state index contributed by atoms with van der Waals surface area (Å²) in [7, 11) is 0. The molecule has 1 N–H and O–H groups in total. The molecule has 0 saturated carbocycles. The fourth-order valence-electron chi connectivity index (χ4n) is 2.08. The Labute approximate surface area is 137 Å². The molecular formula is C19H25NO3. The molecule has 0 aliphatic heterocycles. The summed E-state index contributed by atoms with van der Waals surface area (Å²) in [6.07, 6.45) is 0.884. The van der Waals surface area contributed by atoms with Gasteiger partial charge in [0, 0.05) is 6.04 Å². The number of hydrogen-bond acceptors (Lipinski definition) is 3. The maximum absolute atomic E-state index is 12.0. The molecule has 124 valence electrons. The Balaban J connectivity index is 1.90. The Morgan fingerprint density at radius 3 is 2.43 bits per heavy atom. The van der Waals surface area contributed by atoms with Gasteiger partial charge in [-0.05, 0) is 49.1 Å². The van der Waals surface area contributed by atoms with E-state index in [9.17, 15) is 4.79 Å². The summed E-state index contributed by atoms with van der Waals surface area (Å²) in [6, 6.07) is 11.6. The maximum atomic E-state index is 12.0. The molecule has 1 aromatic carbocycles. The summed E-state index contributed by atoms with van der Waals surface area (Å²) < 4.78 is 11.2. The van der Waals surface area contributed by atoms with Crippen molar-refractivity contribution in [3.05, 3.63) is 53.5 Å². The smallest absolute Gasteiger partial charge is 0.287 e. The second kappa shape index (κ2) is 7.86. The molecule has 23 heavy (non-hydrogen) atoms. The van der Waals surface area contributed by atoms with Gasteiger partial charge in [-0.3, -0.25) is 4.79 Å². The fraction of sp³-hybridized carbons (Fsp3) is 0.421. The molecule has 1 unspecified atom stereocenters. The van der Waals surface area contributed by atoms with Crippen LogP contribution in [0, 0.1) is 0 Å². The number of rotatable bonds is 7. The first-order chi connectivity index (χ1) is 11.0. The second-order valence-electron chi connectivity index (χ2n) is 6.06. The number of carbonyl (C=O) groups is 1. The first-order valence-corrected chi connectivity index (χ1v) is 8.12. The van der Waals surface area contributed by atoms with E-state index in [1.807, 2.05) is 26.0 Å². The highest BCUT2D eigenvalue weighted by molar-refractivity contribution is 5.91. The van der Waals surface area contributed by atoms with Crippen LogP contribution in [0.15, 0.2) is 40.8 Å². The van der Waals surface area contributed by atoms with Crippen LogP contribution in [0.2, 0.25) is 0 Å². The van der Waals surface area contributed by atoms with Gasteiger partial charge >= 0.3 is 0 Å². The normalized spacial score (nSPS) is 12.2. The van der Waals surface area contributed by atoms with E-state index in [-0.39, 0.29) is 11.9 Å². The summed E-state index contributed by atoms with van der Waals surface area (Å²) in [6.45, 7) is 8.61. The van der Waals surface area contributed by atoms with Gasteiger partial charge in [0.1, 0.15) is 18.1 Å². The van der Waals surface area contributed by atoms with Crippen molar-refractivity contribution in [1.29, 1.82) is 0 Å². The van der Waals surface area contributed by atoms with Crippen LogP contribution in [-0.4, -0.2) is 11.9 Å². The number of carbonyl (C=O) groups excluding carboxylic acids is 1. The zero-order valence-corrected chi connectivity index (χ0v) is 14.3. The van der Waals surface area contributed by atoms with Crippen molar-refractivity contribution < 1.29 is 13.9 Å². The van der Waals surface area contributed by atoms with Gasteiger partial charge in [0.2, 0.25) is 0 Å². The Morgan fingerprint density at radius 2 is 1.83 bits per heavy atom. The molecule has 0 aliphatic carbocycles. The van der Waals surface area contributed by atoms with Crippen LogP contribution in [0.5, 0.6) is 5.75 Å². The second-order valence-corrected chi connectivity index (χ2v) is 6.06. The quantitative estimate of drug-likeness (QED) is 0.818. The molecule has 0 bridgehead atoms. The highest BCUT2D eigenvalue weighted by Crippen LogP contribution is 2.20. The molecule has 2 rings (SSSR count). The third-order valence-corrected chi connectivity index (χ3v) is 3.80. The predicted molar refractivity (Wildman–Crippen MR) is 90.8 cm³/mol. The molecule has 1 amide bonds. The molecule has 4 heteroatoms. The molecule has 1 aromatic heterocycles. The van der Waals surface area contributed by atoms with E-state index in [0.717, 1.165) is 12.2 Å². The largest absolute Gasteiger partial charge is 0.486 e. The number of benzene rings is 1. The molecule has 0 radical (unpaired) electrons. The number of nitrogens with one attached hydrogen (secondary N) is 1. The molecule has 0 fully saturated rings. The zero-order chi connectivity index (χ0) is 16.8. The molecule has 1 atom stereocenters. The summed E-state index contributed by atoms with van der Waals surface area (Å²) >= 11 is 0. The Hall–Kier alpha value is -2.23. The van der Waals surface area contributed by atoms with Crippen molar-refractivity contribution in [2.45, 2.75) is 52.7 Å². The topological polar surface area (TPSA) is 51.5 Å². The van der Waals surface area contributed by atoms with Gasteiger partial charge in [-0.15, -0.1) is 0 Å². The molecule has 2 aromatic rings. The van der Waals surface area contributed by atoms with E-state index in [1.165, 1.54) is 5.56 Å². The summed E-state index contributed by atoms with van der Waals surface area (Å²) in [5.41, 5.74) is 1.28. The van der Waals surface area contributed by atoms with Crippen molar-refractivity contribution in [2.24, 2.45) is 0 Å². The van der Waals surface area contributed by atoms with Gasteiger partial charge in [-0.2, -0.15) is 0 Å². The van der Waals surface area contributed by atoms with E-state index in [1.54, 1.807) is 12.1 Å². The molecule has 0 spiro atoms. The highest BCUT2D eigenvalue weighted by atomic mass is 16.5. The average molecular weight is 315 g/mol. The number of ether oxygens (including phenoxy) is 1. The van der Waals surface area contributed by atoms with Crippen molar-refractivity contribution in [1.82, 2.24) is 5.32 Å². The van der Waals surface area contributed by atoms with Crippen molar-refractivity contribution in [2.75, 3.05) is 0 Å². The van der Waals surface area contributed by atoms with E-state index in [4.69, 9.17) is 9.15 Å². The third-order valence-electron chi connectivity index (χ3n) is 3.80. The van der Waals surface area contributed by atoms with Gasteiger partial charge in [0.05, 0.1) is 0 Å². The first-order valence-electron chi connectivity index (χ1n) is 8.12. The first kappa shape index (κ1) is 17.1. The van der Waals surface area contributed by atoms with Crippen LogP contribution in [0.1, 0.15) is 61.9 Å². The minimum Gasteiger partial charge on any atom is -0.486 e. The zero-order valence-electron chi connectivity index (χ0n) is 14.3. The summed E-state index contributed by atoms with van der Waals surface area (Å²) in [5, 5.41) is 2.88. The van der Waals surface area contributed by atoms with Crippen LogP contribution >= 0.6 is 0 Å². The lowest BCUT2D eigenvalue weighted by molar-refractivity contribution is 0.0907. The lowest BCUT2D eigenvalue weighted by atomic mass is 10.0. The van der Waals surface area contributed by atoms with E-state index in [2.05, 4.69) is 31.3 Å². The summed E-state index contributed by atoms with van der Waals surface area (Å²) in [4.78, 5) is 12.0. The van der Waals surface area contributed by atoms with Crippen molar-refractivity contribution in [3.63, 3.8) is 0 Å². The van der Waals surface area contributed by atoms with Gasteiger partial charge in [0.15, 0.2) is 5.76 Å². The Kier molecular flexibility index (Phi) is 5.85. The van der Waals surface area contributed by atoms with Crippen molar-refractivity contribution in [3.8, 4) is 5.75 Å². The average Bonchev–Trinajstić information content (AvgIpc) is 3.02. The fourth-order valence-corrected chi connectivity index (χ4v) is 2.08. The van der Waals surface area contributed by atoms with Crippen LogP contribution in [0.25, 0.3) is 0 Å². The standard InChI is InChI=1S/C19H25NO3/c1-5-14(4)20-19(21)18-11-10-17(23-18)12-22-16-8-6-15(7-9-16)13(2)3/h6-11,13-14H,5,12H2,1-4H3,(H,20,21). The molecule has 1 heterocycles. The van der Waals surface area contributed by atoms with E-state index >= 15 is 0 Å². The van der Waals surface area contributed by atoms with Crippen molar-refractivity contribution >= 4 is 5.91 Å². The molecule has 4 nitrogen and oxygen atoms in total. The lowest BCUT2D eigenvalue weighted by Gasteiger charge is -2.09.